The zero-order valence-corrected chi connectivity index (χ0v) is 14.9. The lowest BCUT2D eigenvalue weighted by molar-refractivity contribution is 0.198. The summed E-state index contributed by atoms with van der Waals surface area (Å²) in [6, 6.07) is 7.29. The second-order valence-electron chi connectivity index (χ2n) is 6.11. The highest BCUT2D eigenvalue weighted by molar-refractivity contribution is 5.85. The fraction of sp³-hybridized carbons (Fsp3) is 0.625. The van der Waals surface area contributed by atoms with Crippen molar-refractivity contribution < 1.29 is 5.11 Å². The number of nitrogens with one attached hydrogen (secondary N) is 1. The van der Waals surface area contributed by atoms with E-state index in [0.717, 1.165) is 39.1 Å². The first-order valence-corrected chi connectivity index (χ1v) is 7.66. The highest BCUT2D eigenvalue weighted by Gasteiger charge is 2.23. The Kier molecular flexibility index (Phi) is 7.26. The Morgan fingerprint density at radius 1 is 1.23 bits per heavy atom. The van der Waals surface area contributed by atoms with Gasteiger partial charge < -0.3 is 20.2 Å². The van der Waals surface area contributed by atoms with Gasteiger partial charge in [-0.2, -0.15) is 0 Å². The summed E-state index contributed by atoms with van der Waals surface area (Å²) < 4.78 is 0. The largest absolute Gasteiger partial charge is 0.391 e. The van der Waals surface area contributed by atoms with E-state index in [-0.39, 0.29) is 30.9 Å². The highest BCUT2D eigenvalue weighted by Crippen LogP contribution is 2.29. The normalized spacial score (nSPS) is 24.7. The summed E-state index contributed by atoms with van der Waals surface area (Å²) in [6.45, 7) is 9.36. The smallest absolute Gasteiger partial charge is 0.0731 e. The number of benzene rings is 1. The van der Waals surface area contributed by atoms with Gasteiger partial charge in [0.2, 0.25) is 0 Å². The van der Waals surface area contributed by atoms with Crippen LogP contribution in [-0.2, 0) is 0 Å². The van der Waals surface area contributed by atoms with Gasteiger partial charge >= 0.3 is 0 Å². The molecule has 126 valence electrons. The van der Waals surface area contributed by atoms with Gasteiger partial charge in [0, 0.05) is 50.1 Å². The molecule has 0 spiro atoms. The van der Waals surface area contributed by atoms with E-state index in [1.165, 1.54) is 16.9 Å². The van der Waals surface area contributed by atoms with Gasteiger partial charge in [0.25, 0.3) is 0 Å². The third-order valence-electron chi connectivity index (χ3n) is 4.52. The minimum Gasteiger partial charge on any atom is -0.391 e. The Balaban J connectivity index is 0.00000121. The van der Waals surface area contributed by atoms with Crippen LogP contribution in [-0.4, -0.2) is 50.0 Å². The molecule has 22 heavy (non-hydrogen) atoms. The van der Waals surface area contributed by atoms with Crippen LogP contribution in [0.25, 0.3) is 0 Å². The summed E-state index contributed by atoms with van der Waals surface area (Å²) in [5, 5.41) is 13.1. The first-order valence-electron chi connectivity index (χ1n) is 7.66. The van der Waals surface area contributed by atoms with Crippen LogP contribution in [0.15, 0.2) is 18.2 Å². The molecule has 6 heteroatoms. The summed E-state index contributed by atoms with van der Waals surface area (Å²) in [6.07, 6.45) is 0.720. The minimum atomic E-state index is -0.165. The van der Waals surface area contributed by atoms with Crippen LogP contribution in [0, 0.1) is 6.92 Å². The molecule has 0 amide bonds. The van der Waals surface area contributed by atoms with Gasteiger partial charge in [0.15, 0.2) is 0 Å². The van der Waals surface area contributed by atoms with Crippen LogP contribution in [0.3, 0.4) is 0 Å². The van der Waals surface area contributed by atoms with Crippen LogP contribution in [0.1, 0.15) is 18.9 Å². The van der Waals surface area contributed by atoms with Crippen LogP contribution in [0.5, 0.6) is 0 Å². The number of anilines is 2. The van der Waals surface area contributed by atoms with Crippen molar-refractivity contribution in [2.24, 2.45) is 0 Å². The predicted molar refractivity (Wildman–Crippen MR) is 98.2 cm³/mol. The van der Waals surface area contributed by atoms with Crippen molar-refractivity contribution in [2.45, 2.75) is 32.4 Å². The molecule has 0 bridgehead atoms. The third-order valence-corrected chi connectivity index (χ3v) is 4.52. The molecule has 2 atom stereocenters. The van der Waals surface area contributed by atoms with Gasteiger partial charge in [-0.3, -0.25) is 0 Å². The standard InChI is InChI=1S/C16H25N3O.2ClH/c1-12-9-14(19-8-6-17-10-13(19)2)3-4-16(12)18-7-5-15(20)11-18;;/h3-4,9,13,15,17,20H,5-8,10-11H2,1-2H3;2*1H/t13-,15+;;/m1../s1. The molecule has 2 fully saturated rings. The number of rotatable bonds is 2. The van der Waals surface area contributed by atoms with Gasteiger partial charge in [0.05, 0.1) is 6.10 Å². The number of aliphatic hydroxyl groups excluding tert-OH is 1. The fourth-order valence-corrected chi connectivity index (χ4v) is 3.36. The number of piperazine rings is 1. The molecule has 0 saturated carbocycles. The number of aryl methyl sites for hydroxylation is 1. The molecule has 3 rings (SSSR count). The van der Waals surface area contributed by atoms with Crippen LogP contribution < -0.4 is 15.1 Å². The fourth-order valence-electron chi connectivity index (χ4n) is 3.36. The van der Waals surface area contributed by atoms with E-state index in [0.29, 0.717) is 6.04 Å². The summed E-state index contributed by atoms with van der Waals surface area (Å²) in [5.74, 6) is 0. The molecule has 0 unspecified atom stereocenters. The van der Waals surface area contributed by atoms with Crippen molar-refractivity contribution in [3.63, 3.8) is 0 Å². The van der Waals surface area contributed by atoms with Gasteiger partial charge in [0.1, 0.15) is 0 Å². The molecule has 2 N–H and O–H groups in total. The Hall–Kier alpha value is -0.680. The summed E-state index contributed by atoms with van der Waals surface area (Å²) in [4.78, 5) is 4.77. The Morgan fingerprint density at radius 2 is 2.00 bits per heavy atom. The zero-order valence-electron chi connectivity index (χ0n) is 13.3. The second-order valence-corrected chi connectivity index (χ2v) is 6.11. The van der Waals surface area contributed by atoms with Crippen LogP contribution >= 0.6 is 24.8 Å². The van der Waals surface area contributed by atoms with Crippen molar-refractivity contribution in [2.75, 3.05) is 42.5 Å². The van der Waals surface area contributed by atoms with Crippen molar-refractivity contribution >= 4 is 36.2 Å². The summed E-state index contributed by atoms with van der Waals surface area (Å²) in [5.41, 5.74) is 3.90. The molecule has 0 aromatic heterocycles. The first-order chi connectivity index (χ1) is 9.65. The van der Waals surface area contributed by atoms with Gasteiger partial charge in [-0.25, -0.2) is 0 Å². The van der Waals surface area contributed by atoms with E-state index in [9.17, 15) is 5.11 Å². The molecule has 0 radical (unpaired) electrons. The average molecular weight is 348 g/mol. The average Bonchev–Trinajstić information content (AvgIpc) is 2.85. The monoisotopic (exact) mass is 347 g/mol. The molecule has 2 saturated heterocycles. The Morgan fingerprint density at radius 3 is 2.59 bits per heavy atom. The lowest BCUT2D eigenvalue weighted by Crippen LogP contribution is -2.49. The van der Waals surface area contributed by atoms with E-state index < -0.39 is 0 Å². The van der Waals surface area contributed by atoms with Crippen LogP contribution in [0.4, 0.5) is 11.4 Å². The van der Waals surface area contributed by atoms with Crippen molar-refractivity contribution in [1.29, 1.82) is 0 Å². The third kappa shape index (κ3) is 3.99. The van der Waals surface area contributed by atoms with Gasteiger partial charge in [-0.1, -0.05) is 0 Å². The van der Waals surface area contributed by atoms with Crippen molar-refractivity contribution in [1.82, 2.24) is 5.32 Å². The number of aliphatic hydroxyl groups is 1. The van der Waals surface area contributed by atoms with Gasteiger partial charge in [-0.15, -0.1) is 24.8 Å². The molecule has 1 aromatic carbocycles. The Bertz CT molecular complexity index is 486. The molecule has 0 aliphatic carbocycles. The molecular formula is C16H27Cl2N3O. The second kappa shape index (κ2) is 8.25. The molecular weight excluding hydrogens is 321 g/mol. The van der Waals surface area contributed by atoms with Crippen molar-refractivity contribution in [3.05, 3.63) is 23.8 Å². The van der Waals surface area contributed by atoms with E-state index in [1.54, 1.807) is 0 Å². The lowest BCUT2D eigenvalue weighted by Gasteiger charge is -2.36. The molecule has 1 aromatic rings. The molecule has 2 aliphatic heterocycles. The topological polar surface area (TPSA) is 38.7 Å². The molecule has 2 aliphatic rings. The number of nitrogens with zero attached hydrogens (tertiary/aromatic N) is 2. The quantitative estimate of drug-likeness (QED) is 0.860. The highest BCUT2D eigenvalue weighted by atomic mass is 35.5. The van der Waals surface area contributed by atoms with Gasteiger partial charge in [-0.05, 0) is 44.0 Å². The number of hydrogen-bond donors (Lipinski definition) is 2. The van der Waals surface area contributed by atoms with E-state index >= 15 is 0 Å². The van der Waals surface area contributed by atoms with Crippen LogP contribution in [0.2, 0.25) is 0 Å². The summed E-state index contributed by atoms with van der Waals surface area (Å²) in [7, 11) is 0. The summed E-state index contributed by atoms with van der Waals surface area (Å²) >= 11 is 0. The predicted octanol–water partition coefficient (Wildman–Crippen LogP) is 2.21. The first kappa shape index (κ1) is 19.4. The maximum atomic E-state index is 9.69. The lowest BCUT2D eigenvalue weighted by atomic mass is 10.1. The Labute approximate surface area is 145 Å². The number of hydrogen-bond acceptors (Lipinski definition) is 4. The maximum absolute atomic E-state index is 9.69. The van der Waals surface area contributed by atoms with E-state index in [1.807, 2.05) is 0 Å². The van der Waals surface area contributed by atoms with Crippen molar-refractivity contribution in [3.8, 4) is 0 Å². The number of halogens is 2. The molecule has 4 nitrogen and oxygen atoms in total. The maximum Gasteiger partial charge on any atom is 0.0731 e. The SMILES string of the molecule is Cc1cc(N2CCNC[C@H]2C)ccc1N1CC[C@H](O)C1.Cl.Cl. The van der Waals surface area contributed by atoms with E-state index in [4.69, 9.17) is 0 Å². The molecule has 2 heterocycles. The zero-order chi connectivity index (χ0) is 14.1. The van der Waals surface area contributed by atoms with E-state index in [2.05, 4.69) is 47.2 Å². The minimum absolute atomic E-state index is 0. The number of β-amino-alcohol motifs (C(OH)–C–C–N with tert-alkyl or cyclic N) is 1.